The SMILES string of the molecule is COc1ccc(C(=C=C(c2ccccc2)c2ccccc2)[Si](C)(C)C)c(OC)c1. The molecular formula is C26H28O2Si. The molecule has 148 valence electrons. The van der Waals surface area contributed by atoms with Crippen molar-refractivity contribution >= 4 is 18.8 Å². The van der Waals surface area contributed by atoms with Gasteiger partial charge < -0.3 is 9.47 Å². The van der Waals surface area contributed by atoms with Gasteiger partial charge in [-0.25, -0.2) is 0 Å². The number of methoxy groups -OCH3 is 2. The van der Waals surface area contributed by atoms with Crippen LogP contribution in [0.5, 0.6) is 11.5 Å². The summed E-state index contributed by atoms with van der Waals surface area (Å²) in [4.78, 5) is 0. The van der Waals surface area contributed by atoms with E-state index in [0.29, 0.717) is 0 Å². The Morgan fingerprint density at radius 2 is 1.28 bits per heavy atom. The lowest BCUT2D eigenvalue weighted by molar-refractivity contribution is 0.393. The van der Waals surface area contributed by atoms with Gasteiger partial charge in [0.15, 0.2) is 0 Å². The van der Waals surface area contributed by atoms with Gasteiger partial charge in [-0.2, -0.15) is 0 Å². The number of benzene rings is 3. The molecule has 3 heteroatoms. The van der Waals surface area contributed by atoms with Crippen molar-refractivity contribution in [1.82, 2.24) is 0 Å². The third-order valence-corrected chi connectivity index (χ3v) is 6.70. The maximum absolute atomic E-state index is 5.73. The van der Waals surface area contributed by atoms with Crippen LogP contribution in [0.15, 0.2) is 84.6 Å². The largest absolute Gasteiger partial charge is 0.497 e. The van der Waals surface area contributed by atoms with E-state index < -0.39 is 8.07 Å². The maximum Gasteiger partial charge on any atom is 0.130 e. The molecule has 0 saturated carbocycles. The fraction of sp³-hybridized carbons (Fsp3) is 0.192. The monoisotopic (exact) mass is 400 g/mol. The van der Waals surface area contributed by atoms with Gasteiger partial charge in [-0.15, -0.1) is 5.73 Å². The van der Waals surface area contributed by atoms with Crippen LogP contribution in [0.3, 0.4) is 0 Å². The van der Waals surface area contributed by atoms with Crippen LogP contribution >= 0.6 is 0 Å². The van der Waals surface area contributed by atoms with E-state index in [-0.39, 0.29) is 0 Å². The quantitative estimate of drug-likeness (QED) is 0.339. The molecule has 3 rings (SSSR count). The highest BCUT2D eigenvalue weighted by Gasteiger charge is 2.25. The van der Waals surface area contributed by atoms with Crippen molar-refractivity contribution in [3.63, 3.8) is 0 Å². The average molecular weight is 401 g/mol. The first-order chi connectivity index (χ1) is 13.9. The predicted molar refractivity (Wildman–Crippen MR) is 125 cm³/mol. The summed E-state index contributed by atoms with van der Waals surface area (Å²) in [6, 6.07) is 27.0. The molecule has 0 aliphatic carbocycles. The van der Waals surface area contributed by atoms with Crippen LogP contribution in [0.4, 0.5) is 0 Å². The van der Waals surface area contributed by atoms with Crippen LogP contribution in [0.1, 0.15) is 16.7 Å². The van der Waals surface area contributed by atoms with Gasteiger partial charge in [0.1, 0.15) is 11.5 Å². The minimum Gasteiger partial charge on any atom is -0.497 e. The molecule has 3 aromatic carbocycles. The van der Waals surface area contributed by atoms with E-state index in [1.54, 1.807) is 14.2 Å². The summed E-state index contributed by atoms with van der Waals surface area (Å²) in [5.41, 5.74) is 8.32. The highest BCUT2D eigenvalue weighted by Crippen LogP contribution is 2.36. The van der Waals surface area contributed by atoms with Gasteiger partial charge >= 0.3 is 0 Å². The molecule has 0 spiro atoms. The van der Waals surface area contributed by atoms with E-state index >= 15 is 0 Å². The average Bonchev–Trinajstić information content (AvgIpc) is 2.74. The Labute approximate surface area is 175 Å². The minimum absolute atomic E-state index is 0.788. The van der Waals surface area contributed by atoms with Gasteiger partial charge in [0.05, 0.1) is 22.3 Å². The molecule has 3 aromatic rings. The van der Waals surface area contributed by atoms with Crippen molar-refractivity contribution in [3.05, 3.63) is 101 Å². The molecule has 0 aliphatic rings. The van der Waals surface area contributed by atoms with Gasteiger partial charge in [-0.05, 0) is 28.5 Å². The first kappa shape index (κ1) is 20.7. The lowest BCUT2D eigenvalue weighted by Crippen LogP contribution is -2.22. The standard InChI is InChI=1S/C26H28O2Si/c1-27-22-16-17-23(25(18-22)28-2)26(29(3,4)5)19-24(20-12-8-6-9-13-20)21-14-10-7-11-15-21/h6-18H,1-5H3. The van der Waals surface area contributed by atoms with Gasteiger partial charge in [0, 0.05) is 17.2 Å². The summed E-state index contributed by atoms with van der Waals surface area (Å²) in [5.74, 6) is 1.60. The Morgan fingerprint density at radius 1 is 0.724 bits per heavy atom. The second-order valence-electron chi connectivity index (χ2n) is 7.92. The van der Waals surface area contributed by atoms with Gasteiger partial charge in [0.25, 0.3) is 0 Å². The Hall–Kier alpha value is -3.00. The molecule has 0 aromatic heterocycles. The molecule has 0 radical (unpaired) electrons. The number of hydrogen-bond donors (Lipinski definition) is 0. The third kappa shape index (κ3) is 4.89. The molecule has 0 fully saturated rings. The van der Waals surface area contributed by atoms with E-state index in [4.69, 9.17) is 9.47 Å². The van der Waals surface area contributed by atoms with Crippen LogP contribution in [0.25, 0.3) is 10.8 Å². The van der Waals surface area contributed by atoms with Crippen molar-refractivity contribution in [2.24, 2.45) is 0 Å². The van der Waals surface area contributed by atoms with E-state index in [2.05, 4.69) is 80.0 Å². The fourth-order valence-corrected chi connectivity index (χ4v) is 4.82. The van der Waals surface area contributed by atoms with Crippen molar-refractivity contribution < 1.29 is 9.47 Å². The zero-order valence-electron chi connectivity index (χ0n) is 17.8. The summed E-state index contributed by atoms with van der Waals surface area (Å²) < 4.78 is 11.1. The smallest absolute Gasteiger partial charge is 0.130 e. The number of ether oxygens (including phenoxy) is 2. The van der Waals surface area contributed by atoms with E-state index in [1.165, 1.54) is 5.20 Å². The zero-order chi connectivity index (χ0) is 20.9. The predicted octanol–water partition coefficient (Wildman–Crippen LogP) is 6.70. The second kappa shape index (κ2) is 9.00. The van der Waals surface area contributed by atoms with Gasteiger partial charge in [-0.3, -0.25) is 0 Å². The summed E-state index contributed by atoms with van der Waals surface area (Å²) >= 11 is 0. The number of hydrogen-bond acceptors (Lipinski definition) is 2. The van der Waals surface area contributed by atoms with Crippen LogP contribution in [0, 0.1) is 0 Å². The zero-order valence-corrected chi connectivity index (χ0v) is 18.8. The van der Waals surface area contributed by atoms with Crippen molar-refractivity contribution in [3.8, 4) is 11.5 Å². The Bertz CT molecular complexity index is 984. The minimum atomic E-state index is -1.77. The summed E-state index contributed by atoms with van der Waals surface area (Å²) in [5, 5.41) is 1.22. The van der Waals surface area contributed by atoms with E-state index in [9.17, 15) is 0 Å². The molecule has 2 nitrogen and oxygen atoms in total. The van der Waals surface area contributed by atoms with Gasteiger partial charge in [0.2, 0.25) is 0 Å². The Balaban J connectivity index is 2.37. The van der Waals surface area contributed by atoms with E-state index in [1.807, 2.05) is 24.3 Å². The first-order valence-electron chi connectivity index (χ1n) is 9.78. The summed E-state index contributed by atoms with van der Waals surface area (Å²) in [6.45, 7) is 7.02. The van der Waals surface area contributed by atoms with Crippen molar-refractivity contribution in [2.45, 2.75) is 19.6 Å². The summed E-state index contributed by atoms with van der Waals surface area (Å²) in [7, 11) is 1.61. The normalized spacial score (nSPS) is 10.8. The van der Waals surface area contributed by atoms with Crippen molar-refractivity contribution in [1.29, 1.82) is 0 Å². The Morgan fingerprint density at radius 3 is 1.72 bits per heavy atom. The molecule has 0 amide bonds. The molecule has 0 saturated heterocycles. The van der Waals surface area contributed by atoms with Crippen molar-refractivity contribution in [2.75, 3.05) is 14.2 Å². The molecular weight excluding hydrogens is 372 g/mol. The summed E-state index contributed by atoms with van der Waals surface area (Å²) in [6.07, 6.45) is 0. The maximum atomic E-state index is 5.73. The molecule has 0 unspecified atom stereocenters. The van der Waals surface area contributed by atoms with Crippen LogP contribution in [-0.2, 0) is 0 Å². The van der Waals surface area contributed by atoms with Crippen LogP contribution < -0.4 is 9.47 Å². The number of rotatable bonds is 6. The molecule has 29 heavy (non-hydrogen) atoms. The van der Waals surface area contributed by atoms with Gasteiger partial charge in [-0.1, -0.05) is 80.3 Å². The van der Waals surface area contributed by atoms with Crippen LogP contribution in [-0.4, -0.2) is 22.3 Å². The topological polar surface area (TPSA) is 18.5 Å². The lowest BCUT2D eigenvalue weighted by Gasteiger charge is -2.22. The highest BCUT2D eigenvalue weighted by molar-refractivity contribution is 6.93. The Kier molecular flexibility index (Phi) is 6.43. The van der Waals surface area contributed by atoms with E-state index in [0.717, 1.165) is 33.8 Å². The molecule has 0 aliphatic heterocycles. The fourth-order valence-electron chi connectivity index (χ4n) is 3.31. The first-order valence-corrected chi connectivity index (χ1v) is 13.3. The molecule has 0 N–H and O–H groups in total. The second-order valence-corrected chi connectivity index (χ2v) is 12.9. The molecule has 0 heterocycles. The highest BCUT2D eigenvalue weighted by atomic mass is 28.3. The third-order valence-electron chi connectivity index (χ3n) is 4.80. The lowest BCUT2D eigenvalue weighted by atomic mass is 9.98. The molecule has 0 atom stereocenters. The van der Waals surface area contributed by atoms with Crippen LogP contribution in [0.2, 0.25) is 19.6 Å². The molecule has 0 bridgehead atoms.